The Morgan fingerprint density at radius 3 is 2.58 bits per heavy atom. The Hall–Kier alpha value is -3.45. The van der Waals surface area contributed by atoms with Gasteiger partial charge in [-0.25, -0.2) is 8.91 Å². The summed E-state index contributed by atoms with van der Waals surface area (Å²) in [6.07, 6.45) is 3.45. The van der Waals surface area contributed by atoms with Gasteiger partial charge in [-0.3, -0.25) is 9.59 Å². The summed E-state index contributed by atoms with van der Waals surface area (Å²) < 4.78 is 16.2. The number of aryl methyl sites for hydroxylation is 1. The number of hydrogen-bond donors (Lipinski definition) is 1. The van der Waals surface area contributed by atoms with Gasteiger partial charge in [-0.1, -0.05) is 55.8 Å². The molecule has 2 heterocycles. The van der Waals surface area contributed by atoms with Crippen LogP contribution in [0.2, 0.25) is 5.02 Å². The molecule has 0 unspecified atom stereocenters. The summed E-state index contributed by atoms with van der Waals surface area (Å²) in [4.78, 5) is 25.1. The molecule has 2 aromatic carbocycles. The van der Waals surface area contributed by atoms with Crippen molar-refractivity contribution in [3.05, 3.63) is 93.2 Å². The second kappa shape index (κ2) is 9.58. The van der Waals surface area contributed by atoms with E-state index in [-0.39, 0.29) is 36.0 Å². The molecule has 0 aliphatic rings. The smallest absolute Gasteiger partial charge is 0.276 e. The zero-order chi connectivity index (χ0) is 23.5. The molecule has 0 saturated carbocycles. The van der Waals surface area contributed by atoms with E-state index in [0.29, 0.717) is 22.7 Å². The summed E-state index contributed by atoms with van der Waals surface area (Å²) >= 11 is 5.98. The van der Waals surface area contributed by atoms with Crippen molar-refractivity contribution in [3.63, 3.8) is 0 Å². The summed E-state index contributed by atoms with van der Waals surface area (Å²) in [5.74, 6) is -0.223. The SMILES string of the molecule is CC(C)c1ccc(-c2cc3c(=O)n(CCC(=O)NCc4ccc(F)cc4Cl)ccn3n2)cc1. The molecule has 2 aromatic heterocycles. The van der Waals surface area contributed by atoms with Crippen molar-refractivity contribution in [2.45, 2.75) is 39.3 Å². The first-order valence-electron chi connectivity index (χ1n) is 10.7. The molecule has 0 atom stereocenters. The molecule has 4 rings (SSSR count). The third-order valence-corrected chi connectivity index (χ3v) is 5.90. The molecule has 0 aliphatic carbocycles. The van der Waals surface area contributed by atoms with Crippen LogP contribution >= 0.6 is 11.6 Å². The van der Waals surface area contributed by atoms with E-state index in [0.717, 1.165) is 5.56 Å². The van der Waals surface area contributed by atoms with Crippen molar-refractivity contribution < 1.29 is 9.18 Å². The zero-order valence-electron chi connectivity index (χ0n) is 18.4. The normalized spacial score (nSPS) is 11.3. The minimum absolute atomic E-state index is 0.118. The maximum Gasteiger partial charge on any atom is 0.276 e. The van der Waals surface area contributed by atoms with Gasteiger partial charge in [0.25, 0.3) is 5.56 Å². The number of carbonyl (C=O) groups excluding carboxylic acids is 1. The van der Waals surface area contributed by atoms with Crippen molar-refractivity contribution in [1.82, 2.24) is 19.5 Å². The maximum absolute atomic E-state index is 13.1. The van der Waals surface area contributed by atoms with Crippen LogP contribution in [0.3, 0.4) is 0 Å². The van der Waals surface area contributed by atoms with Crippen molar-refractivity contribution in [3.8, 4) is 11.3 Å². The van der Waals surface area contributed by atoms with Gasteiger partial charge >= 0.3 is 0 Å². The van der Waals surface area contributed by atoms with Gasteiger partial charge in [0.2, 0.25) is 5.91 Å². The highest BCUT2D eigenvalue weighted by molar-refractivity contribution is 6.31. The lowest BCUT2D eigenvalue weighted by molar-refractivity contribution is -0.121. The van der Waals surface area contributed by atoms with E-state index in [1.54, 1.807) is 23.0 Å². The molecule has 8 heteroatoms. The quantitative estimate of drug-likeness (QED) is 0.426. The van der Waals surface area contributed by atoms with E-state index in [1.165, 1.54) is 28.3 Å². The Balaban J connectivity index is 1.43. The molecule has 0 radical (unpaired) electrons. The van der Waals surface area contributed by atoms with Gasteiger partial charge in [0.05, 0.1) is 5.69 Å². The molecule has 0 saturated heterocycles. The van der Waals surface area contributed by atoms with Crippen LogP contribution in [0, 0.1) is 5.82 Å². The van der Waals surface area contributed by atoms with Gasteiger partial charge in [0.1, 0.15) is 11.3 Å². The van der Waals surface area contributed by atoms with E-state index >= 15 is 0 Å². The molecule has 4 aromatic rings. The molecule has 6 nitrogen and oxygen atoms in total. The van der Waals surface area contributed by atoms with Crippen LogP contribution in [-0.2, 0) is 17.9 Å². The molecular weight excluding hydrogens is 443 g/mol. The van der Waals surface area contributed by atoms with Crippen LogP contribution in [0.5, 0.6) is 0 Å². The standard InChI is InChI=1S/C25H24ClFN4O2/c1-16(2)17-3-5-18(6-4-17)22-14-23-25(33)30(11-12-31(23)29-22)10-9-24(32)28-15-19-7-8-20(27)13-21(19)26/h3-8,11-14,16H,9-10,15H2,1-2H3,(H,28,32). The summed E-state index contributed by atoms with van der Waals surface area (Å²) in [6, 6.07) is 13.9. The zero-order valence-corrected chi connectivity index (χ0v) is 19.1. The Kier molecular flexibility index (Phi) is 6.60. The first-order valence-corrected chi connectivity index (χ1v) is 11.1. The molecule has 0 spiro atoms. The summed E-state index contributed by atoms with van der Waals surface area (Å²) in [5.41, 5.74) is 3.74. The lowest BCUT2D eigenvalue weighted by Gasteiger charge is -2.08. The summed E-state index contributed by atoms with van der Waals surface area (Å²) in [5, 5.41) is 7.52. The third kappa shape index (κ3) is 5.14. The second-order valence-corrected chi connectivity index (χ2v) is 8.60. The van der Waals surface area contributed by atoms with Gasteiger partial charge in [0.15, 0.2) is 0 Å². The molecule has 33 heavy (non-hydrogen) atoms. The number of halogens is 2. The van der Waals surface area contributed by atoms with Crippen molar-refractivity contribution in [1.29, 1.82) is 0 Å². The van der Waals surface area contributed by atoms with Crippen molar-refractivity contribution >= 4 is 23.0 Å². The minimum atomic E-state index is -0.430. The van der Waals surface area contributed by atoms with Crippen LogP contribution in [0.25, 0.3) is 16.8 Å². The highest BCUT2D eigenvalue weighted by atomic mass is 35.5. The number of benzene rings is 2. The van der Waals surface area contributed by atoms with Crippen LogP contribution in [0.15, 0.2) is 65.7 Å². The predicted octanol–water partition coefficient (Wildman–Crippen LogP) is 4.79. The van der Waals surface area contributed by atoms with Gasteiger partial charge < -0.3 is 9.88 Å². The number of carbonyl (C=O) groups is 1. The molecule has 170 valence electrons. The Labute approximate surface area is 195 Å². The number of fused-ring (bicyclic) bond motifs is 1. The van der Waals surface area contributed by atoms with Gasteiger partial charge in [-0.2, -0.15) is 5.10 Å². The average molecular weight is 467 g/mol. The molecule has 0 bridgehead atoms. The van der Waals surface area contributed by atoms with Gasteiger partial charge in [-0.05, 0) is 35.2 Å². The van der Waals surface area contributed by atoms with Crippen molar-refractivity contribution in [2.75, 3.05) is 0 Å². The number of rotatable bonds is 7. The molecular formula is C25H24ClFN4O2. The predicted molar refractivity (Wildman–Crippen MR) is 127 cm³/mol. The summed E-state index contributed by atoms with van der Waals surface area (Å²) in [6.45, 7) is 4.69. The Morgan fingerprint density at radius 1 is 1.12 bits per heavy atom. The van der Waals surface area contributed by atoms with Crippen LogP contribution in [0.1, 0.15) is 37.3 Å². The highest BCUT2D eigenvalue weighted by Crippen LogP contribution is 2.22. The average Bonchev–Trinajstić information content (AvgIpc) is 3.23. The fourth-order valence-electron chi connectivity index (χ4n) is 3.55. The molecule has 1 amide bonds. The Bertz CT molecular complexity index is 1360. The van der Waals surface area contributed by atoms with E-state index < -0.39 is 5.82 Å². The molecule has 1 N–H and O–H groups in total. The largest absolute Gasteiger partial charge is 0.352 e. The first kappa shape index (κ1) is 22.7. The van der Waals surface area contributed by atoms with Crippen LogP contribution in [0.4, 0.5) is 4.39 Å². The fraction of sp³-hybridized carbons (Fsp3) is 0.240. The van der Waals surface area contributed by atoms with E-state index in [4.69, 9.17) is 11.6 Å². The van der Waals surface area contributed by atoms with Crippen molar-refractivity contribution in [2.24, 2.45) is 0 Å². The topological polar surface area (TPSA) is 68.4 Å². The minimum Gasteiger partial charge on any atom is -0.352 e. The number of aromatic nitrogens is 3. The first-order chi connectivity index (χ1) is 15.8. The number of hydrogen-bond acceptors (Lipinski definition) is 3. The number of amides is 1. The lowest BCUT2D eigenvalue weighted by Crippen LogP contribution is -2.27. The van der Waals surface area contributed by atoms with Gasteiger partial charge in [-0.15, -0.1) is 0 Å². The lowest BCUT2D eigenvalue weighted by atomic mass is 10.0. The van der Waals surface area contributed by atoms with E-state index in [2.05, 4.69) is 36.4 Å². The molecule has 0 aliphatic heterocycles. The number of nitrogens with one attached hydrogen (secondary N) is 1. The second-order valence-electron chi connectivity index (χ2n) is 8.20. The van der Waals surface area contributed by atoms with Crippen LogP contribution in [-0.4, -0.2) is 20.1 Å². The monoisotopic (exact) mass is 466 g/mol. The maximum atomic E-state index is 13.1. The number of nitrogens with zero attached hydrogens (tertiary/aromatic N) is 3. The van der Waals surface area contributed by atoms with Gasteiger partial charge in [0, 0.05) is 42.5 Å². The Morgan fingerprint density at radius 2 is 1.88 bits per heavy atom. The third-order valence-electron chi connectivity index (χ3n) is 5.55. The fourth-order valence-corrected chi connectivity index (χ4v) is 3.79. The van der Waals surface area contributed by atoms with E-state index in [9.17, 15) is 14.0 Å². The highest BCUT2D eigenvalue weighted by Gasteiger charge is 2.11. The summed E-state index contributed by atoms with van der Waals surface area (Å²) in [7, 11) is 0. The molecule has 0 fully saturated rings. The van der Waals surface area contributed by atoms with E-state index in [1.807, 2.05) is 12.1 Å². The van der Waals surface area contributed by atoms with Crippen LogP contribution < -0.4 is 10.9 Å².